The van der Waals surface area contributed by atoms with Crippen molar-refractivity contribution in [3.63, 3.8) is 0 Å². The highest BCUT2D eigenvalue weighted by Gasteiger charge is 2.16. The highest BCUT2D eigenvalue weighted by atomic mass is 79.9. The van der Waals surface area contributed by atoms with Crippen LogP contribution in [-0.2, 0) is 9.53 Å². The molecule has 0 fully saturated rings. The van der Waals surface area contributed by atoms with Crippen LogP contribution >= 0.6 is 15.9 Å². The molecule has 106 valence electrons. The van der Waals surface area contributed by atoms with E-state index in [4.69, 9.17) is 4.74 Å². The molecule has 0 spiro atoms. The van der Waals surface area contributed by atoms with E-state index in [9.17, 15) is 4.79 Å². The van der Waals surface area contributed by atoms with Crippen LogP contribution in [0.25, 0.3) is 0 Å². The maximum atomic E-state index is 11.6. The minimum absolute atomic E-state index is 0.165. The standard InChI is InChI=1S/C15H22BrNO2/c1-11(12-6-5-7-13(16)10-12)17-9-8-14(18)19-15(2,3)4/h5-7,10-11,17H,8-9H2,1-4H3. The first-order valence-electron chi connectivity index (χ1n) is 6.48. The Hall–Kier alpha value is -0.870. The van der Waals surface area contributed by atoms with Gasteiger partial charge in [0.2, 0.25) is 0 Å². The van der Waals surface area contributed by atoms with Gasteiger partial charge in [0.25, 0.3) is 0 Å². The normalized spacial score (nSPS) is 13.1. The molecule has 3 nitrogen and oxygen atoms in total. The van der Waals surface area contributed by atoms with E-state index in [0.29, 0.717) is 13.0 Å². The van der Waals surface area contributed by atoms with Gasteiger partial charge in [-0.1, -0.05) is 28.1 Å². The van der Waals surface area contributed by atoms with Crippen LogP contribution in [0.4, 0.5) is 0 Å². The molecule has 0 aromatic heterocycles. The van der Waals surface area contributed by atoms with E-state index in [1.807, 2.05) is 32.9 Å². The van der Waals surface area contributed by atoms with Gasteiger partial charge >= 0.3 is 5.97 Å². The summed E-state index contributed by atoms with van der Waals surface area (Å²) in [6.07, 6.45) is 0.385. The van der Waals surface area contributed by atoms with E-state index < -0.39 is 5.60 Å². The molecule has 1 N–H and O–H groups in total. The molecule has 1 rings (SSSR count). The molecule has 4 heteroatoms. The Bertz CT molecular complexity index is 426. The maximum absolute atomic E-state index is 11.6. The lowest BCUT2D eigenvalue weighted by Crippen LogP contribution is -2.27. The minimum Gasteiger partial charge on any atom is -0.460 e. The maximum Gasteiger partial charge on any atom is 0.307 e. The van der Waals surface area contributed by atoms with Gasteiger partial charge in [0.1, 0.15) is 5.60 Å². The smallest absolute Gasteiger partial charge is 0.307 e. The SMILES string of the molecule is CC(NCCC(=O)OC(C)(C)C)c1cccc(Br)c1. The Balaban J connectivity index is 2.35. The van der Waals surface area contributed by atoms with Gasteiger partial charge in [0.15, 0.2) is 0 Å². The minimum atomic E-state index is -0.410. The van der Waals surface area contributed by atoms with Crippen LogP contribution in [-0.4, -0.2) is 18.1 Å². The molecule has 0 aliphatic carbocycles. The zero-order valence-electron chi connectivity index (χ0n) is 12.0. The molecular formula is C15H22BrNO2. The second-order valence-electron chi connectivity index (χ2n) is 5.57. The van der Waals surface area contributed by atoms with E-state index in [0.717, 1.165) is 4.47 Å². The third kappa shape index (κ3) is 6.73. The summed E-state index contributed by atoms with van der Waals surface area (Å²) in [5.41, 5.74) is 0.783. The summed E-state index contributed by atoms with van der Waals surface area (Å²) < 4.78 is 6.32. The highest BCUT2D eigenvalue weighted by molar-refractivity contribution is 9.10. The van der Waals surface area contributed by atoms with Gasteiger partial charge in [-0.05, 0) is 45.4 Å². The molecule has 19 heavy (non-hydrogen) atoms. The van der Waals surface area contributed by atoms with Crippen molar-refractivity contribution >= 4 is 21.9 Å². The zero-order chi connectivity index (χ0) is 14.5. The fourth-order valence-corrected chi connectivity index (χ4v) is 2.09. The van der Waals surface area contributed by atoms with Gasteiger partial charge in [-0.2, -0.15) is 0 Å². The van der Waals surface area contributed by atoms with Crippen LogP contribution in [0.2, 0.25) is 0 Å². The average molecular weight is 328 g/mol. The van der Waals surface area contributed by atoms with Gasteiger partial charge in [-0.3, -0.25) is 4.79 Å². The molecule has 0 heterocycles. The lowest BCUT2D eigenvalue weighted by atomic mass is 10.1. The van der Waals surface area contributed by atoms with Crippen LogP contribution in [0, 0.1) is 0 Å². The summed E-state index contributed by atoms with van der Waals surface area (Å²) in [5.74, 6) is -0.165. The first-order chi connectivity index (χ1) is 8.78. The molecule has 0 aliphatic heterocycles. The van der Waals surface area contributed by atoms with Crippen molar-refractivity contribution in [2.24, 2.45) is 0 Å². The van der Waals surface area contributed by atoms with Crippen LogP contribution in [0.1, 0.15) is 45.7 Å². The lowest BCUT2D eigenvalue weighted by molar-refractivity contribution is -0.154. The molecule has 0 radical (unpaired) electrons. The van der Waals surface area contributed by atoms with E-state index in [1.54, 1.807) is 0 Å². The fraction of sp³-hybridized carbons (Fsp3) is 0.533. The highest BCUT2D eigenvalue weighted by Crippen LogP contribution is 2.17. The van der Waals surface area contributed by atoms with Gasteiger partial charge in [0, 0.05) is 17.1 Å². The number of halogens is 1. The van der Waals surface area contributed by atoms with E-state index in [1.165, 1.54) is 5.56 Å². The van der Waals surface area contributed by atoms with Gasteiger partial charge < -0.3 is 10.1 Å². The molecule has 0 saturated carbocycles. The van der Waals surface area contributed by atoms with Crippen LogP contribution in [0.15, 0.2) is 28.7 Å². The summed E-state index contributed by atoms with van der Waals surface area (Å²) in [5, 5.41) is 3.32. The number of carbonyl (C=O) groups excluding carboxylic acids is 1. The third-order valence-electron chi connectivity index (χ3n) is 2.55. The summed E-state index contributed by atoms with van der Waals surface area (Å²) in [6, 6.07) is 8.35. The number of esters is 1. The van der Waals surface area contributed by atoms with Crippen molar-refractivity contribution in [1.29, 1.82) is 0 Å². The second kappa shape index (κ2) is 7.06. The summed E-state index contributed by atoms with van der Waals surface area (Å²) in [7, 11) is 0. The predicted molar refractivity (Wildman–Crippen MR) is 81.0 cm³/mol. The quantitative estimate of drug-likeness (QED) is 0.835. The summed E-state index contributed by atoms with van der Waals surface area (Å²) in [4.78, 5) is 11.6. The number of carbonyl (C=O) groups is 1. The van der Waals surface area contributed by atoms with Crippen molar-refractivity contribution in [2.45, 2.75) is 45.8 Å². The van der Waals surface area contributed by atoms with Crippen molar-refractivity contribution in [2.75, 3.05) is 6.54 Å². The summed E-state index contributed by atoms with van der Waals surface area (Å²) in [6.45, 7) is 8.33. The number of nitrogens with one attached hydrogen (secondary N) is 1. The largest absolute Gasteiger partial charge is 0.460 e. The molecule has 1 unspecified atom stereocenters. The van der Waals surface area contributed by atoms with E-state index >= 15 is 0 Å². The molecule has 1 aromatic rings. The first-order valence-corrected chi connectivity index (χ1v) is 7.28. The molecule has 1 aromatic carbocycles. The number of hydrogen-bond donors (Lipinski definition) is 1. The monoisotopic (exact) mass is 327 g/mol. The molecule has 0 saturated heterocycles. The Labute approximate surface area is 123 Å². The number of rotatable bonds is 5. The van der Waals surface area contributed by atoms with Crippen LogP contribution in [0.5, 0.6) is 0 Å². The molecule has 0 bridgehead atoms. The van der Waals surface area contributed by atoms with Crippen molar-refractivity contribution in [3.8, 4) is 0 Å². The molecule has 1 atom stereocenters. The number of hydrogen-bond acceptors (Lipinski definition) is 3. The molecule has 0 aliphatic rings. The van der Waals surface area contributed by atoms with E-state index in [2.05, 4.69) is 40.3 Å². The molecule has 0 amide bonds. The Kier molecular flexibility index (Phi) is 6.01. The van der Waals surface area contributed by atoms with Crippen molar-refractivity contribution < 1.29 is 9.53 Å². The Morgan fingerprint density at radius 2 is 2.11 bits per heavy atom. The van der Waals surface area contributed by atoms with Crippen molar-refractivity contribution in [1.82, 2.24) is 5.32 Å². The lowest BCUT2D eigenvalue weighted by Gasteiger charge is -2.20. The summed E-state index contributed by atoms with van der Waals surface area (Å²) >= 11 is 3.45. The topological polar surface area (TPSA) is 38.3 Å². The average Bonchev–Trinajstić information content (AvgIpc) is 2.26. The Morgan fingerprint density at radius 1 is 1.42 bits per heavy atom. The fourth-order valence-electron chi connectivity index (χ4n) is 1.68. The zero-order valence-corrected chi connectivity index (χ0v) is 13.6. The van der Waals surface area contributed by atoms with Crippen LogP contribution in [0.3, 0.4) is 0 Å². The molecular weight excluding hydrogens is 306 g/mol. The third-order valence-corrected chi connectivity index (χ3v) is 3.04. The van der Waals surface area contributed by atoms with Gasteiger partial charge in [-0.15, -0.1) is 0 Å². The Morgan fingerprint density at radius 3 is 2.68 bits per heavy atom. The second-order valence-corrected chi connectivity index (χ2v) is 6.48. The van der Waals surface area contributed by atoms with Gasteiger partial charge in [-0.25, -0.2) is 0 Å². The van der Waals surface area contributed by atoms with Gasteiger partial charge in [0.05, 0.1) is 6.42 Å². The number of benzene rings is 1. The van der Waals surface area contributed by atoms with E-state index in [-0.39, 0.29) is 12.0 Å². The predicted octanol–water partition coefficient (Wildman–Crippen LogP) is 3.83. The van der Waals surface area contributed by atoms with Crippen LogP contribution < -0.4 is 5.32 Å². The van der Waals surface area contributed by atoms with Crippen molar-refractivity contribution in [3.05, 3.63) is 34.3 Å². The number of ether oxygens (including phenoxy) is 1. The first kappa shape index (κ1) is 16.2.